The molecule has 0 heterocycles. The Kier molecular flexibility index (Phi) is 68.7. The van der Waals surface area contributed by atoms with Gasteiger partial charge in [0.1, 0.15) is 19.3 Å². The van der Waals surface area contributed by atoms with Gasteiger partial charge in [-0.2, -0.15) is 0 Å². The molecule has 0 aromatic heterocycles. The highest BCUT2D eigenvalue weighted by molar-refractivity contribution is 7.47. The molecule has 0 aromatic rings. The average molecular weight is 1470 g/mol. The van der Waals surface area contributed by atoms with Gasteiger partial charge in [0.15, 0.2) is 12.2 Å². The number of aliphatic hydroxyl groups is 1. The summed E-state index contributed by atoms with van der Waals surface area (Å²) >= 11 is 0. The second kappa shape index (κ2) is 70.1. The van der Waals surface area contributed by atoms with Crippen LogP contribution in [0.2, 0.25) is 0 Å². The third-order valence-corrected chi connectivity index (χ3v) is 21.4. The van der Waals surface area contributed by atoms with Crippen molar-refractivity contribution in [2.24, 2.45) is 23.7 Å². The predicted molar refractivity (Wildman–Crippen MR) is 409 cm³/mol. The number of esters is 4. The molecule has 0 aliphatic carbocycles. The van der Waals surface area contributed by atoms with Crippen LogP contribution in [0.5, 0.6) is 0 Å². The first kappa shape index (κ1) is 98.1. The van der Waals surface area contributed by atoms with Gasteiger partial charge in [-0.1, -0.05) is 364 Å². The SMILES string of the molecule is CCC(C)CCCCCCCCCCCCCCCCCCCCC(=O)O[C@H](COC(=O)CCCCCCCCCCCCCCC(C)C)COP(=O)(O)OC[C@@H](O)COP(=O)(O)OC[C@@H](COC(=O)CCCCCCCCC(C)C)OC(=O)CCCCCCCCCCCCC(C)CC. The summed E-state index contributed by atoms with van der Waals surface area (Å²) in [7, 11) is -9.92. The van der Waals surface area contributed by atoms with Gasteiger partial charge in [0.05, 0.1) is 26.4 Å². The van der Waals surface area contributed by atoms with Gasteiger partial charge in [0, 0.05) is 25.7 Å². The molecule has 0 aliphatic rings. The molecule has 0 aromatic carbocycles. The van der Waals surface area contributed by atoms with Crippen LogP contribution in [0.4, 0.5) is 0 Å². The molecule has 0 aliphatic heterocycles. The third kappa shape index (κ3) is 71.7. The van der Waals surface area contributed by atoms with Crippen LogP contribution < -0.4 is 0 Å². The van der Waals surface area contributed by atoms with E-state index in [-0.39, 0.29) is 25.7 Å². The molecule has 100 heavy (non-hydrogen) atoms. The van der Waals surface area contributed by atoms with E-state index in [1.54, 1.807) is 0 Å². The van der Waals surface area contributed by atoms with Crippen molar-refractivity contribution in [1.29, 1.82) is 0 Å². The molecule has 0 bridgehead atoms. The summed E-state index contributed by atoms with van der Waals surface area (Å²) in [5, 5.41) is 10.6. The molecule has 4 unspecified atom stereocenters. The van der Waals surface area contributed by atoms with Gasteiger partial charge < -0.3 is 33.8 Å². The van der Waals surface area contributed by atoms with Crippen molar-refractivity contribution in [3.05, 3.63) is 0 Å². The maximum absolute atomic E-state index is 13.1. The molecule has 0 spiro atoms. The second-order valence-electron chi connectivity index (χ2n) is 30.6. The van der Waals surface area contributed by atoms with Crippen LogP contribution in [0.1, 0.15) is 415 Å². The maximum atomic E-state index is 13.1. The fourth-order valence-electron chi connectivity index (χ4n) is 12.4. The molecule has 3 N–H and O–H groups in total. The monoisotopic (exact) mass is 1470 g/mol. The van der Waals surface area contributed by atoms with Gasteiger partial charge in [-0.3, -0.25) is 37.3 Å². The number of rotatable bonds is 78. The number of hydrogen-bond acceptors (Lipinski definition) is 15. The maximum Gasteiger partial charge on any atom is 0.472 e. The Morgan fingerprint density at radius 1 is 0.280 bits per heavy atom. The normalized spacial score (nSPS) is 14.6. The molecular formula is C81H158O17P2. The molecule has 594 valence electrons. The van der Waals surface area contributed by atoms with Crippen LogP contribution in [0.3, 0.4) is 0 Å². The summed E-state index contributed by atoms with van der Waals surface area (Å²) in [6, 6.07) is 0. The van der Waals surface area contributed by atoms with Crippen LogP contribution >= 0.6 is 15.6 Å². The number of phosphoric acid groups is 2. The van der Waals surface area contributed by atoms with E-state index in [2.05, 4.69) is 55.4 Å². The summed E-state index contributed by atoms with van der Waals surface area (Å²) in [6.07, 6.45) is 57.0. The van der Waals surface area contributed by atoms with Gasteiger partial charge in [-0.05, 0) is 49.4 Å². The van der Waals surface area contributed by atoms with E-state index in [0.29, 0.717) is 31.6 Å². The Morgan fingerprint density at radius 2 is 0.480 bits per heavy atom. The Bertz CT molecular complexity index is 1960. The Hall–Kier alpha value is -1.94. The Morgan fingerprint density at radius 3 is 0.710 bits per heavy atom. The fourth-order valence-corrected chi connectivity index (χ4v) is 13.9. The van der Waals surface area contributed by atoms with E-state index >= 15 is 0 Å². The largest absolute Gasteiger partial charge is 0.472 e. The zero-order valence-corrected chi connectivity index (χ0v) is 67.6. The summed E-state index contributed by atoms with van der Waals surface area (Å²) in [6.45, 7) is 14.3. The number of phosphoric ester groups is 2. The van der Waals surface area contributed by atoms with Crippen LogP contribution in [-0.2, 0) is 65.4 Å². The highest BCUT2D eigenvalue weighted by Crippen LogP contribution is 2.45. The quantitative estimate of drug-likeness (QED) is 0.0222. The summed E-state index contributed by atoms with van der Waals surface area (Å²) < 4.78 is 68.7. The van der Waals surface area contributed by atoms with Crippen LogP contribution in [0.15, 0.2) is 0 Å². The van der Waals surface area contributed by atoms with Crippen molar-refractivity contribution in [2.45, 2.75) is 433 Å². The lowest BCUT2D eigenvalue weighted by Crippen LogP contribution is -2.30. The lowest BCUT2D eigenvalue weighted by Gasteiger charge is -2.21. The highest BCUT2D eigenvalue weighted by atomic mass is 31.2. The molecule has 19 heteroatoms. The van der Waals surface area contributed by atoms with E-state index < -0.39 is 97.5 Å². The number of hydrogen-bond donors (Lipinski definition) is 3. The molecule has 7 atom stereocenters. The zero-order valence-electron chi connectivity index (χ0n) is 65.8. The molecule has 0 rings (SSSR count). The summed E-state index contributed by atoms with van der Waals surface area (Å²) in [5.41, 5.74) is 0. The first-order valence-electron chi connectivity index (χ1n) is 41.8. The number of unbranched alkanes of at least 4 members (excludes halogenated alkanes) is 42. The van der Waals surface area contributed by atoms with Gasteiger partial charge in [0.2, 0.25) is 0 Å². The molecular weight excluding hydrogens is 1310 g/mol. The Balaban J connectivity index is 5.21. The van der Waals surface area contributed by atoms with Gasteiger partial charge >= 0.3 is 39.5 Å². The van der Waals surface area contributed by atoms with E-state index in [0.717, 1.165) is 114 Å². The lowest BCUT2D eigenvalue weighted by atomic mass is 9.99. The number of ether oxygens (including phenoxy) is 4. The summed E-state index contributed by atoms with van der Waals surface area (Å²) in [5.74, 6) is 1.02. The van der Waals surface area contributed by atoms with Gasteiger partial charge in [-0.25, -0.2) is 9.13 Å². The second-order valence-corrected chi connectivity index (χ2v) is 33.5. The first-order chi connectivity index (χ1) is 48.2. The predicted octanol–water partition coefficient (Wildman–Crippen LogP) is 24.0. The molecule has 0 radical (unpaired) electrons. The Labute approximate surface area is 613 Å². The van der Waals surface area contributed by atoms with Crippen molar-refractivity contribution in [2.75, 3.05) is 39.6 Å². The molecule has 0 saturated heterocycles. The number of aliphatic hydroxyl groups excluding tert-OH is 1. The smallest absolute Gasteiger partial charge is 0.462 e. The van der Waals surface area contributed by atoms with E-state index in [1.807, 2.05) is 0 Å². The van der Waals surface area contributed by atoms with Crippen molar-refractivity contribution in [3.63, 3.8) is 0 Å². The molecule has 0 amide bonds. The average Bonchev–Trinajstić information content (AvgIpc) is 0.948. The minimum absolute atomic E-state index is 0.105. The van der Waals surface area contributed by atoms with Gasteiger partial charge in [-0.15, -0.1) is 0 Å². The minimum Gasteiger partial charge on any atom is -0.462 e. The highest BCUT2D eigenvalue weighted by Gasteiger charge is 2.30. The molecule has 0 saturated carbocycles. The van der Waals surface area contributed by atoms with Crippen LogP contribution in [-0.4, -0.2) is 96.7 Å². The van der Waals surface area contributed by atoms with Crippen molar-refractivity contribution in [3.8, 4) is 0 Å². The van der Waals surface area contributed by atoms with E-state index in [1.165, 1.54) is 212 Å². The van der Waals surface area contributed by atoms with E-state index in [9.17, 15) is 43.2 Å². The minimum atomic E-state index is -4.96. The van der Waals surface area contributed by atoms with Crippen molar-refractivity contribution in [1.82, 2.24) is 0 Å². The van der Waals surface area contributed by atoms with Crippen LogP contribution in [0, 0.1) is 23.7 Å². The van der Waals surface area contributed by atoms with E-state index in [4.69, 9.17) is 37.0 Å². The number of carbonyl (C=O) groups is 4. The first-order valence-corrected chi connectivity index (χ1v) is 44.8. The van der Waals surface area contributed by atoms with Crippen molar-refractivity contribution < 1.29 is 80.2 Å². The topological polar surface area (TPSA) is 237 Å². The fraction of sp³-hybridized carbons (Fsp3) is 0.951. The summed E-state index contributed by atoms with van der Waals surface area (Å²) in [4.78, 5) is 73.0. The zero-order chi connectivity index (χ0) is 73.8. The molecule has 0 fully saturated rings. The third-order valence-electron chi connectivity index (χ3n) is 19.5. The van der Waals surface area contributed by atoms with Crippen molar-refractivity contribution >= 4 is 39.5 Å². The number of carbonyl (C=O) groups excluding carboxylic acids is 4. The van der Waals surface area contributed by atoms with Gasteiger partial charge in [0.25, 0.3) is 0 Å². The van der Waals surface area contributed by atoms with Crippen LogP contribution in [0.25, 0.3) is 0 Å². The standard InChI is InChI=1S/C81H158O17P2/c1-9-73(7)59-51-43-34-28-22-17-15-13-11-12-14-16-18-24-31-37-47-55-63-80(85)97-76(67-91-78(83)61-53-45-36-30-23-20-19-21-27-33-41-49-57-71(3)4)69-95-99(87,88)93-65-75(82)66-94-100(89,90)96-70-77(68-92-79(84)62-54-46-40-39-42-50-58-72(5)6)98-81(86)64-56-48-38-32-26-25-29-35-44-52-60-74(8)10-2/h71-77,82H,9-70H2,1-8H3,(H,87,88)(H,89,90)/t73?,74?,75-,76-,77-/m1/s1. The molecule has 17 nitrogen and oxygen atoms in total. The lowest BCUT2D eigenvalue weighted by molar-refractivity contribution is -0.161.